The zero-order chi connectivity index (χ0) is 20.5. The van der Waals surface area contributed by atoms with E-state index in [9.17, 15) is 14.0 Å². The molecule has 6 nitrogen and oxygen atoms in total. The lowest BCUT2D eigenvalue weighted by Crippen LogP contribution is -2.25. The van der Waals surface area contributed by atoms with E-state index in [1.807, 2.05) is 0 Å². The minimum absolute atomic E-state index is 0.00636. The Hall–Kier alpha value is -3.06. The fourth-order valence-corrected chi connectivity index (χ4v) is 3.59. The Kier molecular flexibility index (Phi) is 5.15. The third kappa shape index (κ3) is 3.91. The number of fused-ring (bicyclic) bond motifs is 2. The number of pyridine rings is 1. The highest BCUT2D eigenvalue weighted by Gasteiger charge is 2.18. The van der Waals surface area contributed by atoms with E-state index in [1.165, 1.54) is 6.07 Å². The maximum Gasteiger partial charge on any atom is 0.252 e. The summed E-state index contributed by atoms with van der Waals surface area (Å²) in [5.74, 6) is -0.0555. The standard InChI is InChI=1S/C21H18ClFN2O4/c1-11-5-13-14(9-18(26)25-19(13)16(23)6-11)21(27)24-10-12-7-15(22)20-17(8-12)28-3-2-4-29-20/h5-9H,2-4,10H2,1H3,(H,24,27)(H,25,26). The van der Waals surface area contributed by atoms with Gasteiger partial charge in [-0.25, -0.2) is 4.39 Å². The first-order valence-corrected chi connectivity index (χ1v) is 9.49. The van der Waals surface area contributed by atoms with Crippen molar-refractivity contribution in [2.75, 3.05) is 13.2 Å². The number of aryl methyl sites for hydroxylation is 1. The summed E-state index contributed by atoms with van der Waals surface area (Å²) in [6, 6.07) is 7.58. The number of amides is 1. The molecule has 2 N–H and O–H groups in total. The number of H-pyrrole nitrogens is 1. The molecule has 4 rings (SSSR count). The molecule has 0 radical (unpaired) electrons. The summed E-state index contributed by atoms with van der Waals surface area (Å²) in [4.78, 5) is 27.1. The second-order valence-corrected chi connectivity index (χ2v) is 7.26. The molecule has 0 aliphatic carbocycles. The number of hydrogen-bond acceptors (Lipinski definition) is 4. The molecule has 8 heteroatoms. The first kappa shape index (κ1) is 19.3. The topological polar surface area (TPSA) is 80.4 Å². The maximum atomic E-state index is 14.2. The minimum atomic E-state index is -0.582. The van der Waals surface area contributed by atoms with Gasteiger partial charge >= 0.3 is 0 Å². The van der Waals surface area contributed by atoms with Crippen LogP contribution in [0.5, 0.6) is 11.5 Å². The Morgan fingerprint density at radius 2 is 2.00 bits per heavy atom. The number of rotatable bonds is 3. The number of aromatic nitrogens is 1. The highest BCUT2D eigenvalue weighted by molar-refractivity contribution is 6.32. The molecule has 0 unspecified atom stereocenters. The molecule has 1 aromatic heterocycles. The van der Waals surface area contributed by atoms with E-state index in [1.54, 1.807) is 25.1 Å². The predicted octanol–water partition coefficient (Wildman–Crippen LogP) is 3.72. The summed E-state index contributed by atoms with van der Waals surface area (Å²) in [5.41, 5.74) is 0.914. The monoisotopic (exact) mass is 416 g/mol. The first-order valence-electron chi connectivity index (χ1n) is 9.12. The van der Waals surface area contributed by atoms with E-state index in [4.69, 9.17) is 21.1 Å². The van der Waals surface area contributed by atoms with Gasteiger partial charge in [-0.3, -0.25) is 9.59 Å². The van der Waals surface area contributed by atoms with Crippen molar-refractivity contribution < 1.29 is 18.7 Å². The van der Waals surface area contributed by atoms with Gasteiger partial charge in [-0.15, -0.1) is 0 Å². The molecular weight excluding hydrogens is 399 g/mol. The molecule has 1 amide bonds. The lowest BCUT2D eigenvalue weighted by molar-refractivity contribution is 0.0952. The van der Waals surface area contributed by atoms with Gasteiger partial charge in [0.05, 0.1) is 29.3 Å². The molecule has 29 heavy (non-hydrogen) atoms. The number of nitrogens with one attached hydrogen (secondary N) is 2. The van der Waals surface area contributed by atoms with Crippen LogP contribution in [-0.2, 0) is 6.54 Å². The van der Waals surface area contributed by atoms with Crippen LogP contribution in [0.25, 0.3) is 10.9 Å². The summed E-state index contributed by atoms with van der Waals surface area (Å²) in [5, 5.41) is 3.49. The van der Waals surface area contributed by atoms with Gasteiger partial charge in [0.25, 0.3) is 5.91 Å². The third-order valence-corrected chi connectivity index (χ3v) is 4.89. The summed E-state index contributed by atoms with van der Waals surface area (Å²) in [7, 11) is 0. The Labute approximate surface area is 170 Å². The summed E-state index contributed by atoms with van der Waals surface area (Å²) >= 11 is 6.28. The van der Waals surface area contributed by atoms with Crippen LogP contribution < -0.4 is 20.3 Å². The molecule has 0 atom stereocenters. The SMILES string of the molecule is Cc1cc(F)c2[nH]c(=O)cc(C(=O)NCc3cc(Cl)c4c(c3)OCCCO4)c2c1. The van der Waals surface area contributed by atoms with Crippen molar-refractivity contribution in [3.05, 3.63) is 68.2 Å². The molecule has 1 aliphatic rings. The lowest BCUT2D eigenvalue weighted by atomic mass is 10.1. The maximum absolute atomic E-state index is 14.2. The summed E-state index contributed by atoms with van der Waals surface area (Å²) in [6.07, 6.45) is 0.753. The third-order valence-electron chi connectivity index (χ3n) is 4.61. The second kappa shape index (κ2) is 7.75. The Morgan fingerprint density at radius 1 is 1.21 bits per heavy atom. The Morgan fingerprint density at radius 3 is 2.83 bits per heavy atom. The smallest absolute Gasteiger partial charge is 0.252 e. The average molecular weight is 417 g/mol. The van der Waals surface area contributed by atoms with Crippen LogP contribution in [0.15, 0.2) is 35.1 Å². The van der Waals surface area contributed by atoms with Crippen molar-refractivity contribution in [2.24, 2.45) is 0 Å². The molecule has 2 heterocycles. The molecular formula is C21H18ClFN2O4. The molecule has 0 bridgehead atoms. The lowest BCUT2D eigenvalue weighted by Gasteiger charge is -2.13. The molecule has 0 spiro atoms. The molecule has 0 saturated carbocycles. The van der Waals surface area contributed by atoms with Gasteiger partial charge in [0.1, 0.15) is 5.82 Å². The normalized spacial score (nSPS) is 13.2. The minimum Gasteiger partial charge on any atom is -0.489 e. The van der Waals surface area contributed by atoms with Crippen LogP contribution in [-0.4, -0.2) is 24.1 Å². The van der Waals surface area contributed by atoms with E-state index >= 15 is 0 Å². The molecule has 2 aromatic carbocycles. The van der Waals surface area contributed by atoms with E-state index in [0.29, 0.717) is 46.2 Å². The molecule has 1 aliphatic heterocycles. The van der Waals surface area contributed by atoms with Gasteiger partial charge < -0.3 is 19.8 Å². The van der Waals surface area contributed by atoms with E-state index in [2.05, 4.69) is 10.3 Å². The van der Waals surface area contributed by atoms with Crippen molar-refractivity contribution >= 4 is 28.4 Å². The second-order valence-electron chi connectivity index (χ2n) is 6.85. The van der Waals surface area contributed by atoms with E-state index in [0.717, 1.165) is 12.5 Å². The van der Waals surface area contributed by atoms with Crippen molar-refractivity contribution in [3.8, 4) is 11.5 Å². The van der Waals surface area contributed by atoms with Crippen molar-refractivity contribution in [2.45, 2.75) is 19.9 Å². The molecule has 150 valence electrons. The van der Waals surface area contributed by atoms with Crippen molar-refractivity contribution in [3.63, 3.8) is 0 Å². The predicted molar refractivity (Wildman–Crippen MR) is 107 cm³/mol. The number of carbonyl (C=O) groups is 1. The zero-order valence-corrected chi connectivity index (χ0v) is 16.4. The Balaban J connectivity index is 1.62. The highest BCUT2D eigenvalue weighted by atomic mass is 35.5. The van der Waals surface area contributed by atoms with Crippen LogP contribution in [0.2, 0.25) is 5.02 Å². The zero-order valence-electron chi connectivity index (χ0n) is 15.6. The average Bonchev–Trinajstić information content (AvgIpc) is 2.92. The van der Waals surface area contributed by atoms with E-state index in [-0.39, 0.29) is 17.6 Å². The number of hydrogen-bond donors (Lipinski definition) is 2. The van der Waals surface area contributed by atoms with Gasteiger partial charge in [0.15, 0.2) is 11.5 Å². The fraction of sp³-hybridized carbons (Fsp3) is 0.238. The first-order chi connectivity index (χ1) is 13.9. The van der Waals surface area contributed by atoms with E-state index < -0.39 is 17.3 Å². The van der Waals surface area contributed by atoms with Crippen molar-refractivity contribution in [1.29, 1.82) is 0 Å². The highest BCUT2D eigenvalue weighted by Crippen LogP contribution is 2.38. The number of carbonyl (C=O) groups excluding carboxylic acids is 1. The molecule has 0 fully saturated rings. The molecule has 0 saturated heterocycles. The van der Waals surface area contributed by atoms with Crippen molar-refractivity contribution in [1.82, 2.24) is 10.3 Å². The number of aromatic amines is 1. The van der Waals surface area contributed by atoms with Gasteiger partial charge in [-0.05, 0) is 42.3 Å². The van der Waals surface area contributed by atoms with Crippen LogP contribution in [0.3, 0.4) is 0 Å². The number of ether oxygens (including phenoxy) is 2. The quantitative estimate of drug-likeness (QED) is 0.682. The van der Waals surface area contributed by atoms with Crippen LogP contribution in [0.1, 0.15) is 27.9 Å². The number of halogens is 2. The number of benzene rings is 2. The Bertz CT molecular complexity index is 1180. The largest absolute Gasteiger partial charge is 0.489 e. The summed E-state index contributed by atoms with van der Waals surface area (Å²) in [6.45, 7) is 2.91. The summed E-state index contributed by atoms with van der Waals surface area (Å²) < 4.78 is 25.5. The van der Waals surface area contributed by atoms with Gasteiger partial charge in [-0.2, -0.15) is 0 Å². The van der Waals surface area contributed by atoms with Gasteiger partial charge in [-0.1, -0.05) is 11.6 Å². The molecule has 3 aromatic rings. The van der Waals surface area contributed by atoms with Gasteiger partial charge in [0.2, 0.25) is 5.56 Å². The van der Waals surface area contributed by atoms with Gasteiger partial charge in [0, 0.05) is 24.4 Å². The van der Waals surface area contributed by atoms with Crippen LogP contribution >= 0.6 is 11.6 Å². The van der Waals surface area contributed by atoms with Crippen LogP contribution in [0, 0.1) is 12.7 Å². The fourth-order valence-electron chi connectivity index (χ4n) is 3.30. The van der Waals surface area contributed by atoms with Crippen LogP contribution in [0.4, 0.5) is 4.39 Å².